The molecule has 2 aromatic rings. The van der Waals surface area contributed by atoms with E-state index in [9.17, 15) is 14.7 Å². The molecule has 1 aliphatic rings. The Balaban J connectivity index is 1.79. The van der Waals surface area contributed by atoms with E-state index in [2.05, 4.69) is 10.4 Å². The maximum Gasteiger partial charge on any atom is 0.356 e. The van der Waals surface area contributed by atoms with Gasteiger partial charge in [-0.2, -0.15) is 5.10 Å². The summed E-state index contributed by atoms with van der Waals surface area (Å²) >= 11 is 5.90. The molecule has 23 heavy (non-hydrogen) atoms. The van der Waals surface area contributed by atoms with Crippen LogP contribution in [-0.4, -0.2) is 38.3 Å². The molecule has 120 valence electrons. The Kier molecular flexibility index (Phi) is 3.96. The SMILES string of the molecule is Cn1nc(C(=O)O)c2c1CCN(C(=O)Nc1cccc(Cl)c1)C2. The first-order chi connectivity index (χ1) is 11.0. The lowest BCUT2D eigenvalue weighted by molar-refractivity contribution is 0.0687. The zero-order valence-electron chi connectivity index (χ0n) is 12.4. The van der Waals surface area contributed by atoms with Gasteiger partial charge >= 0.3 is 12.0 Å². The number of aryl methyl sites for hydroxylation is 1. The minimum absolute atomic E-state index is 0.00255. The highest BCUT2D eigenvalue weighted by atomic mass is 35.5. The van der Waals surface area contributed by atoms with Gasteiger partial charge in [0, 0.05) is 42.0 Å². The number of nitrogens with one attached hydrogen (secondary N) is 1. The van der Waals surface area contributed by atoms with E-state index in [1.54, 1.807) is 40.9 Å². The van der Waals surface area contributed by atoms with E-state index in [0.29, 0.717) is 29.2 Å². The normalized spacial score (nSPS) is 13.6. The third-order valence-electron chi connectivity index (χ3n) is 3.81. The van der Waals surface area contributed by atoms with Crippen LogP contribution in [0.1, 0.15) is 21.7 Å². The standard InChI is InChI=1S/C15H15ClN4O3/c1-19-12-5-6-20(8-11(12)13(18-19)14(21)22)15(23)17-10-4-2-3-9(16)7-10/h2-4,7H,5-6,8H2,1H3,(H,17,23)(H,21,22). The number of aromatic carboxylic acids is 1. The number of amides is 2. The van der Waals surface area contributed by atoms with Crippen molar-refractivity contribution in [2.45, 2.75) is 13.0 Å². The monoisotopic (exact) mass is 334 g/mol. The molecule has 0 saturated heterocycles. The molecule has 0 unspecified atom stereocenters. The maximum absolute atomic E-state index is 12.4. The number of hydrogen-bond donors (Lipinski definition) is 2. The third kappa shape index (κ3) is 3.00. The van der Waals surface area contributed by atoms with E-state index in [1.807, 2.05) is 0 Å². The van der Waals surface area contributed by atoms with Crippen LogP contribution in [0.2, 0.25) is 5.02 Å². The van der Waals surface area contributed by atoms with Crippen molar-refractivity contribution in [3.8, 4) is 0 Å². The number of carboxylic acids is 1. The van der Waals surface area contributed by atoms with Gasteiger partial charge in [-0.15, -0.1) is 0 Å². The number of fused-ring (bicyclic) bond motifs is 1. The van der Waals surface area contributed by atoms with Crippen molar-refractivity contribution >= 4 is 29.3 Å². The molecule has 0 aliphatic carbocycles. The Hall–Kier alpha value is -2.54. The van der Waals surface area contributed by atoms with Gasteiger partial charge in [0.25, 0.3) is 0 Å². The molecule has 0 radical (unpaired) electrons. The molecule has 0 saturated carbocycles. The number of urea groups is 1. The molecule has 0 fully saturated rings. The van der Waals surface area contributed by atoms with Gasteiger partial charge in [0.05, 0.1) is 6.54 Å². The quantitative estimate of drug-likeness (QED) is 0.882. The van der Waals surface area contributed by atoms with Crippen LogP contribution in [0.3, 0.4) is 0 Å². The molecular formula is C15H15ClN4O3. The number of benzene rings is 1. The molecule has 1 aromatic carbocycles. The van der Waals surface area contributed by atoms with E-state index in [1.165, 1.54) is 0 Å². The van der Waals surface area contributed by atoms with Gasteiger partial charge in [0.1, 0.15) is 0 Å². The van der Waals surface area contributed by atoms with Crippen LogP contribution >= 0.6 is 11.6 Å². The third-order valence-corrected chi connectivity index (χ3v) is 4.04. The molecule has 1 aliphatic heterocycles. The number of halogens is 1. The average Bonchev–Trinajstić information content (AvgIpc) is 2.84. The molecule has 2 N–H and O–H groups in total. The lowest BCUT2D eigenvalue weighted by Crippen LogP contribution is -2.39. The molecule has 2 amide bonds. The van der Waals surface area contributed by atoms with E-state index in [0.717, 1.165) is 5.69 Å². The lowest BCUT2D eigenvalue weighted by Gasteiger charge is -2.27. The second kappa shape index (κ2) is 5.92. The van der Waals surface area contributed by atoms with E-state index < -0.39 is 5.97 Å². The first-order valence-electron chi connectivity index (χ1n) is 7.05. The second-order valence-electron chi connectivity index (χ2n) is 5.31. The summed E-state index contributed by atoms with van der Waals surface area (Å²) in [6.07, 6.45) is 0.565. The van der Waals surface area contributed by atoms with Gasteiger partial charge in [-0.1, -0.05) is 17.7 Å². The molecule has 7 nitrogen and oxygen atoms in total. The lowest BCUT2D eigenvalue weighted by atomic mass is 10.1. The minimum Gasteiger partial charge on any atom is -0.476 e. The highest BCUT2D eigenvalue weighted by Crippen LogP contribution is 2.23. The van der Waals surface area contributed by atoms with E-state index >= 15 is 0 Å². The predicted molar refractivity (Wildman–Crippen MR) is 84.8 cm³/mol. The summed E-state index contributed by atoms with van der Waals surface area (Å²) in [5.74, 6) is -1.08. The van der Waals surface area contributed by atoms with Gasteiger partial charge in [-0.3, -0.25) is 4.68 Å². The van der Waals surface area contributed by atoms with Gasteiger partial charge in [-0.25, -0.2) is 9.59 Å². The molecule has 3 rings (SSSR count). The number of aromatic nitrogens is 2. The van der Waals surface area contributed by atoms with Crippen molar-refractivity contribution in [3.63, 3.8) is 0 Å². The van der Waals surface area contributed by atoms with E-state index in [-0.39, 0.29) is 18.3 Å². The van der Waals surface area contributed by atoms with Crippen LogP contribution in [0, 0.1) is 0 Å². The summed E-state index contributed by atoms with van der Waals surface area (Å²) < 4.78 is 1.57. The first-order valence-corrected chi connectivity index (χ1v) is 7.43. The summed E-state index contributed by atoms with van der Waals surface area (Å²) in [4.78, 5) is 25.2. The topological polar surface area (TPSA) is 87.5 Å². The number of hydrogen-bond acceptors (Lipinski definition) is 3. The number of anilines is 1. The second-order valence-corrected chi connectivity index (χ2v) is 5.75. The number of carboxylic acid groups (broad SMARTS) is 1. The van der Waals surface area contributed by atoms with Crippen LogP contribution in [0.5, 0.6) is 0 Å². The Morgan fingerprint density at radius 1 is 1.39 bits per heavy atom. The van der Waals surface area contributed by atoms with Crippen LogP contribution in [0.25, 0.3) is 0 Å². The molecule has 0 atom stereocenters. The van der Waals surface area contributed by atoms with Crippen molar-refractivity contribution in [2.75, 3.05) is 11.9 Å². The largest absolute Gasteiger partial charge is 0.476 e. The zero-order chi connectivity index (χ0) is 16.6. The van der Waals surface area contributed by atoms with Gasteiger partial charge in [-0.05, 0) is 18.2 Å². The fourth-order valence-electron chi connectivity index (χ4n) is 2.71. The molecular weight excluding hydrogens is 320 g/mol. The Labute approximate surface area is 137 Å². The highest BCUT2D eigenvalue weighted by molar-refractivity contribution is 6.30. The molecule has 2 heterocycles. The Bertz CT molecular complexity index is 787. The fraction of sp³-hybridized carbons (Fsp3) is 0.267. The summed E-state index contributed by atoms with van der Waals surface area (Å²) in [7, 11) is 1.72. The van der Waals surface area contributed by atoms with Gasteiger partial charge < -0.3 is 15.3 Å². The number of carbonyl (C=O) groups is 2. The predicted octanol–water partition coefficient (Wildman–Crippen LogP) is 2.36. The van der Waals surface area contributed by atoms with Crippen molar-refractivity contribution in [3.05, 3.63) is 46.2 Å². The van der Waals surface area contributed by atoms with Crippen LogP contribution < -0.4 is 5.32 Å². The Morgan fingerprint density at radius 3 is 2.87 bits per heavy atom. The molecule has 0 spiro atoms. The number of carbonyl (C=O) groups excluding carboxylic acids is 1. The van der Waals surface area contributed by atoms with Crippen LogP contribution in [-0.2, 0) is 20.0 Å². The van der Waals surface area contributed by atoms with Crippen molar-refractivity contribution < 1.29 is 14.7 Å². The Morgan fingerprint density at radius 2 is 2.17 bits per heavy atom. The summed E-state index contributed by atoms with van der Waals surface area (Å²) in [6, 6.07) is 6.57. The summed E-state index contributed by atoms with van der Waals surface area (Å²) in [5, 5.41) is 16.6. The zero-order valence-corrected chi connectivity index (χ0v) is 13.2. The fourth-order valence-corrected chi connectivity index (χ4v) is 2.90. The maximum atomic E-state index is 12.4. The molecule has 8 heteroatoms. The smallest absolute Gasteiger partial charge is 0.356 e. The summed E-state index contributed by atoms with van der Waals surface area (Å²) in [6.45, 7) is 0.717. The van der Waals surface area contributed by atoms with E-state index in [4.69, 9.17) is 11.6 Å². The molecule has 1 aromatic heterocycles. The first kappa shape index (κ1) is 15.4. The minimum atomic E-state index is -1.08. The van der Waals surface area contributed by atoms with Gasteiger partial charge in [0.2, 0.25) is 0 Å². The van der Waals surface area contributed by atoms with Crippen LogP contribution in [0.4, 0.5) is 10.5 Å². The van der Waals surface area contributed by atoms with Crippen molar-refractivity contribution in [1.82, 2.24) is 14.7 Å². The summed E-state index contributed by atoms with van der Waals surface area (Å²) in [5.41, 5.74) is 2.04. The molecule has 0 bridgehead atoms. The van der Waals surface area contributed by atoms with Crippen LogP contribution in [0.15, 0.2) is 24.3 Å². The number of nitrogens with zero attached hydrogens (tertiary/aromatic N) is 3. The average molecular weight is 335 g/mol. The number of rotatable bonds is 2. The highest BCUT2D eigenvalue weighted by Gasteiger charge is 2.29. The van der Waals surface area contributed by atoms with Crippen molar-refractivity contribution in [1.29, 1.82) is 0 Å². The van der Waals surface area contributed by atoms with Crippen molar-refractivity contribution in [2.24, 2.45) is 7.05 Å². The van der Waals surface area contributed by atoms with Gasteiger partial charge in [0.15, 0.2) is 5.69 Å².